The number of quaternary nitrogens is 1. The van der Waals surface area contributed by atoms with Crippen molar-refractivity contribution >= 4 is 5.91 Å². The number of nitrogens with zero attached hydrogens (tertiary/aromatic N) is 1. The standard InChI is InChI=1S/C15H28N2O/c1-4-7-8-14(6-3)15(18)17-12-10-16(9-5-2)11-13-17/h5,14H,2,4,6-13H2,1,3H3/p+1/t14-/m0/s1. The van der Waals surface area contributed by atoms with E-state index in [2.05, 4.69) is 25.3 Å². The molecule has 0 aromatic carbocycles. The summed E-state index contributed by atoms with van der Waals surface area (Å²) in [6.07, 6.45) is 6.38. The van der Waals surface area contributed by atoms with E-state index in [1.165, 1.54) is 12.8 Å². The number of carbonyl (C=O) groups is 1. The zero-order chi connectivity index (χ0) is 13.4. The number of piperazine rings is 1. The number of hydrogen-bond acceptors (Lipinski definition) is 1. The molecule has 0 aliphatic carbocycles. The Labute approximate surface area is 112 Å². The van der Waals surface area contributed by atoms with E-state index in [1.807, 2.05) is 6.08 Å². The highest BCUT2D eigenvalue weighted by Crippen LogP contribution is 2.15. The first-order chi connectivity index (χ1) is 8.72. The third-order valence-electron chi connectivity index (χ3n) is 3.96. The minimum Gasteiger partial charge on any atom is -0.331 e. The molecule has 1 saturated heterocycles. The molecule has 0 aromatic heterocycles. The fraction of sp³-hybridized carbons (Fsp3) is 0.800. The van der Waals surface area contributed by atoms with Crippen LogP contribution in [0, 0.1) is 5.92 Å². The van der Waals surface area contributed by atoms with Crippen LogP contribution in [-0.2, 0) is 4.79 Å². The molecule has 0 saturated carbocycles. The van der Waals surface area contributed by atoms with Crippen molar-refractivity contribution in [3.8, 4) is 0 Å². The second kappa shape index (κ2) is 8.30. The van der Waals surface area contributed by atoms with E-state index in [1.54, 1.807) is 4.90 Å². The Morgan fingerprint density at radius 3 is 2.56 bits per heavy atom. The van der Waals surface area contributed by atoms with Crippen molar-refractivity contribution in [2.45, 2.75) is 39.5 Å². The molecular formula is C15H29N2O+. The number of hydrogen-bond donors (Lipinski definition) is 1. The molecule has 0 radical (unpaired) electrons. The second-order valence-electron chi connectivity index (χ2n) is 5.32. The van der Waals surface area contributed by atoms with E-state index in [0.29, 0.717) is 5.91 Å². The van der Waals surface area contributed by atoms with Gasteiger partial charge in [0.25, 0.3) is 0 Å². The maximum Gasteiger partial charge on any atom is 0.226 e. The van der Waals surface area contributed by atoms with Gasteiger partial charge in [0.2, 0.25) is 5.91 Å². The molecule has 1 N–H and O–H groups in total. The number of rotatable bonds is 7. The van der Waals surface area contributed by atoms with Gasteiger partial charge in [-0.25, -0.2) is 0 Å². The zero-order valence-corrected chi connectivity index (χ0v) is 12.1. The smallest absolute Gasteiger partial charge is 0.226 e. The van der Waals surface area contributed by atoms with Crippen LogP contribution in [0.15, 0.2) is 12.7 Å². The normalized spacial score (nSPS) is 18.7. The lowest BCUT2D eigenvalue weighted by Crippen LogP contribution is -3.14. The molecule has 1 atom stereocenters. The summed E-state index contributed by atoms with van der Waals surface area (Å²) >= 11 is 0. The quantitative estimate of drug-likeness (QED) is 0.676. The highest BCUT2D eigenvalue weighted by Gasteiger charge is 2.27. The van der Waals surface area contributed by atoms with Crippen LogP contribution in [0.1, 0.15) is 39.5 Å². The van der Waals surface area contributed by atoms with E-state index >= 15 is 0 Å². The molecule has 104 valence electrons. The summed E-state index contributed by atoms with van der Waals surface area (Å²) in [5.41, 5.74) is 0. The molecule has 1 rings (SSSR count). The maximum atomic E-state index is 12.4. The molecule has 1 aliphatic heterocycles. The fourth-order valence-electron chi connectivity index (χ4n) is 2.66. The number of carbonyl (C=O) groups excluding carboxylic acids is 1. The van der Waals surface area contributed by atoms with Gasteiger partial charge in [-0.15, -0.1) is 0 Å². The lowest BCUT2D eigenvalue weighted by molar-refractivity contribution is -0.898. The minimum absolute atomic E-state index is 0.255. The molecule has 1 fully saturated rings. The van der Waals surface area contributed by atoms with Gasteiger partial charge in [-0.2, -0.15) is 0 Å². The van der Waals surface area contributed by atoms with Gasteiger partial charge < -0.3 is 9.80 Å². The van der Waals surface area contributed by atoms with Crippen molar-refractivity contribution in [3.63, 3.8) is 0 Å². The molecule has 1 amide bonds. The van der Waals surface area contributed by atoms with Crippen molar-refractivity contribution < 1.29 is 9.69 Å². The van der Waals surface area contributed by atoms with Crippen LogP contribution >= 0.6 is 0 Å². The van der Waals surface area contributed by atoms with Gasteiger partial charge in [-0.1, -0.05) is 33.3 Å². The van der Waals surface area contributed by atoms with Crippen molar-refractivity contribution in [2.75, 3.05) is 32.7 Å². The molecule has 1 aliphatic rings. The van der Waals surface area contributed by atoms with E-state index in [0.717, 1.165) is 45.6 Å². The molecule has 0 unspecified atom stereocenters. The maximum absolute atomic E-state index is 12.4. The van der Waals surface area contributed by atoms with E-state index < -0.39 is 0 Å². The van der Waals surface area contributed by atoms with Gasteiger partial charge in [-0.05, 0) is 18.9 Å². The van der Waals surface area contributed by atoms with Crippen molar-refractivity contribution in [3.05, 3.63) is 12.7 Å². The lowest BCUT2D eigenvalue weighted by Gasteiger charge is -2.33. The molecule has 3 nitrogen and oxygen atoms in total. The van der Waals surface area contributed by atoms with Gasteiger partial charge in [0.05, 0.1) is 32.7 Å². The van der Waals surface area contributed by atoms with Crippen molar-refractivity contribution in [1.82, 2.24) is 4.90 Å². The summed E-state index contributed by atoms with van der Waals surface area (Å²) < 4.78 is 0. The molecule has 3 heteroatoms. The number of unbranched alkanes of at least 4 members (excludes halogenated alkanes) is 1. The zero-order valence-electron chi connectivity index (χ0n) is 12.1. The first kappa shape index (κ1) is 15.2. The Morgan fingerprint density at radius 1 is 1.39 bits per heavy atom. The topological polar surface area (TPSA) is 24.8 Å². The predicted octanol–water partition coefficient (Wildman–Crippen LogP) is 1.12. The van der Waals surface area contributed by atoms with Crippen LogP contribution in [0.25, 0.3) is 0 Å². The van der Waals surface area contributed by atoms with Gasteiger partial charge in [0, 0.05) is 5.92 Å². The van der Waals surface area contributed by atoms with E-state index in [-0.39, 0.29) is 5.92 Å². The molecule has 1 heterocycles. The van der Waals surface area contributed by atoms with Crippen LogP contribution in [0.4, 0.5) is 0 Å². The molecule has 18 heavy (non-hydrogen) atoms. The lowest BCUT2D eigenvalue weighted by atomic mass is 9.97. The average molecular weight is 253 g/mol. The van der Waals surface area contributed by atoms with Crippen molar-refractivity contribution in [2.24, 2.45) is 5.92 Å². The summed E-state index contributed by atoms with van der Waals surface area (Å²) in [6, 6.07) is 0. The molecule has 0 bridgehead atoms. The summed E-state index contributed by atoms with van der Waals surface area (Å²) in [5.74, 6) is 0.648. The molecular weight excluding hydrogens is 224 g/mol. The Bertz CT molecular complexity index is 257. The summed E-state index contributed by atoms with van der Waals surface area (Å²) in [4.78, 5) is 16.0. The van der Waals surface area contributed by atoms with Gasteiger partial charge in [0.15, 0.2) is 0 Å². The summed E-state index contributed by atoms with van der Waals surface area (Å²) in [6.45, 7) is 13.1. The number of amides is 1. The largest absolute Gasteiger partial charge is 0.331 e. The predicted molar refractivity (Wildman–Crippen MR) is 75.6 cm³/mol. The van der Waals surface area contributed by atoms with Crippen LogP contribution in [0.3, 0.4) is 0 Å². The van der Waals surface area contributed by atoms with Crippen LogP contribution in [0.5, 0.6) is 0 Å². The third-order valence-corrected chi connectivity index (χ3v) is 3.96. The Kier molecular flexibility index (Phi) is 7.02. The van der Waals surface area contributed by atoms with Gasteiger partial charge in [-0.3, -0.25) is 4.79 Å². The SMILES string of the molecule is C=CC[NH+]1CCN(C(=O)[C@@H](CC)CCCC)CC1. The average Bonchev–Trinajstić information content (AvgIpc) is 2.40. The first-order valence-corrected chi connectivity index (χ1v) is 7.46. The van der Waals surface area contributed by atoms with Gasteiger partial charge >= 0.3 is 0 Å². The minimum atomic E-state index is 0.255. The summed E-state index contributed by atoms with van der Waals surface area (Å²) in [7, 11) is 0. The first-order valence-electron chi connectivity index (χ1n) is 7.46. The fourth-order valence-corrected chi connectivity index (χ4v) is 2.66. The van der Waals surface area contributed by atoms with Crippen LogP contribution in [0.2, 0.25) is 0 Å². The Morgan fingerprint density at radius 2 is 2.06 bits per heavy atom. The highest BCUT2D eigenvalue weighted by molar-refractivity contribution is 5.78. The second-order valence-corrected chi connectivity index (χ2v) is 5.32. The summed E-state index contributed by atoms with van der Waals surface area (Å²) in [5, 5.41) is 0. The number of nitrogens with one attached hydrogen (secondary N) is 1. The highest BCUT2D eigenvalue weighted by atomic mass is 16.2. The van der Waals surface area contributed by atoms with Gasteiger partial charge in [0.1, 0.15) is 0 Å². The van der Waals surface area contributed by atoms with E-state index in [4.69, 9.17) is 0 Å². The molecule has 0 spiro atoms. The third kappa shape index (κ3) is 4.45. The van der Waals surface area contributed by atoms with Crippen LogP contribution < -0.4 is 4.90 Å². The Hall–Kier alpha value is -0.830. The molecule has 0 aromatic rings. The monoisotopic (exact) mass is 253 g/mol. The van der Waals surface area contributed by atoms with Crippen molar-refractivity contribution in [1.29, 1.82) is 0 Å². The van der Waals surface area contributed by atoms with E-state index in [9.17, 15) is 4.79 Å². The Balaban J connectivity index is 2.40. The van der Waals surface area contributed by atoms with Crippen LogP contribution in [-0.4, -0.2) is 43.5 Å².